The van der Waals surface area contributed by atoms with Gasteiger partial charge in [-0.2, -0.15) is 0 Å². The van der Waals surface area contributed by atoms with Crippen LogP contribution in [0.15, 0.2) is 40.6 Å². The Labute approximate surface area is 175 Å². The first-order chi connectivity index (χ1) is 13.9. The molecule has 1 saturated carbocycles. The first-order valence-electron chi connectivity index (χ1n) is 9.83. The van der Waals surface area contributed by atoms with Crippen molar-refractivity contribution >= 4 is 33.2 Å². The van der Waals surface area contributed by atoms with Crippen molar-refractivity contribution in [3.63, 3.8) is 0 Å². The molecule has 1 aromatic heterocycles. The average molecular weight is 433 g/mol. The fourth-order valence-corrected chi connectivity index (χ4v) is 6.29. The van der Waals surface area contributed by atoms with Gasteiger partial charge in [-0.15, -0.1) is 11.3 Å². The number of carbonyl (C=O) groups excluding carboxylic acids is 2. The molecule has 0 bridgehead atoms. The predicted octanol–water partition coefficient (Wildman–Crippen LogP) is 3.21. The molecule has 2 fully saturated rings. The second-order valence-corrected chi connectivity index (χ2v) is 10.5. The standard InChI is InChI=1S/C21H24N2O4S2/c1-14-8-9-15(11-19(14)29(26,27)22-12-16-5-4-10-28-16)13-23-20(24)17-6-2-3-7-18(17)21(23)25/h4-5,8-11,17-18,22H,2-3,6-7,12-13H2,1H3/t17-,18-/m1/s1. The summed E-state index contributed by atoms with van der Waals surface area (Å²) in [4.78, 5) is 27.9. The molecule has 2 amide bonds. The number of sulfonamides is 1. The number of aryl methyl sites for hydroxylation is 1. The molecular weight excluding hydrogens is 408 g/mol. The van der Waals surface area contributed by atoms with Gasteiger partial charge < -0.3 is 0 Å². The summed E-state index contributed by atoms with van der Waals surface area (Å²) >= 11 is 1.49. The van der Waals surface area contributed by atoms with Crippen LogP contribution in [0.2, 0.25) is 0 Å². The number of likely N-dealkylation sites (tertiary alicyclic amines) is 1. The lowest BCUT2D eigenvalue weighted by molar-refractivity contribution is -0.140. The molecule has 2 heterocycles. The van der Waals surface area contributed by atoms with Crippen LogP contribution < -0.4 is 4.72 Å². The molecule has 0 spiro atoms. The van der Waals surface area contributed by atoms with Crippen LogP contribution in [0.25, 0.3) is 0 Å². The van der Waals surface area contributed by atoms with Crippen LogP contribution in [0.1, 0.15) is 41.7 Å². The molecule has 29 heavy (non-hydrogen) atoms. The molecule has 0 radical (unpaired) electrons. The van der Waals surface area contributed by atoms with Crippen LogP contribution in [0, 0.1) is 18.8 Å². The van der Waals surface area contributed by atoms with Crippen molar-refractivity contribution in [3.8, 4) is 0 Å². The number of hydrogen-bond donors (Lipinski definition) is 1. The second-order valence-electron chi connectivity index (χ2n) is 7.76. The Morgan fingerprint density at radius 1 is 1.10 bits per heavy atom. The number of benzene rings is 1. The number of hydrogen-bond acceptors (Lipinski definition) is 5. The molecule has 4 rings (SSSR count). The quantitative estimate of drug-likeness (QED) is 0.711. The minimum Gasteiger partial charge on any atom is -0.278 e. The molecule has 2 aliphatic rings. The monoisotopic (exact) mass is 432 g/mol. The van der Waals surface area contributed by atoms with Crippen molar-refractivity contribution in [2.75, 3.05) is 0 Å². The van der Waals surface area contributed by atoms with Gasteiger partial charge in [-0.1, -0.05) is 31.0 Å². The van der Waals surface area contributed by atoms with Crippen molar-refractivity contribution in [2.45, 2.75) is 50.6 Å². The zero-order valence-corrected chi connectivity index (χ0v) is 17.9. The van der Waals surface area contributed by atoms with Crippen molar-refractivity contribution in [1.82, 2.24) is 9.62 Å². The first-order valence-corrected chi connectivity index (χ1v) is 12.2. The molecule has 1 saturated heterocycles. The average Bonchev–Trinajstić information content (AvgIpc) is 3.31. The zero-order valence-electron chi connectivity index (χ0n) is 16.3. The molecule has 6 nitrogen and oxygen atoms in total. The van der Waals surface area contributed by atoms with Crippen LogP contribution >= 0.6 is 11.3 Å². The minimum absolute atomic E-state index is 0.111. The molecule has 2 aromatic rings. The molecule has 1 N–H and O–H groups in total. The molecule has 1 aliphatic carbocycles. The SMILES string of the molecule is Cc1ccc(CN2C(=O)[C@@H]3CCCC[C@H]3C2=O)cc1S(=O)(=O)NCc1cccs1. The smallest absolute Gasteiger partial charge is 0.241 e. The Morgan fingerprint density at radius 3 is 2.41 bits per heavy atom. The molecule has 1 aromatic carbocycles. The Bertz CT molecular complexity index is 1010. The summed E-state index contributed by atoms with van der Waals surface area (Å²) in [5, 5.41) is 1.90. The van der Waals surface area contributed by atoms with Crippen molar-refractivity contribution in [1.29, 1.82) is 0 Å². The highest BCUT2D eigenvalue weighted by atomic mass is 32.2. The van der Waals surface area contributed by atoms with Gasteiger partial charge in [-0.3, -0.25) is 14.5 Å². The van der Waals surface area contributed by atoms with E-state index in [-0.39, 0.29) is 41.6 Å². The highest BCUT2D eigenvalue weighted by Gasteiger charge is 2.47. The van der Waals surface area contributed by atoms with Gasteiger partial charge in [0.15, 0.2) is 0 Å². The lowest BCUT2D eigenvalue weighted by Gasteiger charge is -2.19. The fourth-order valence-electron chi connectivity index (χ4n) is 4.26. The molecule has 1 aliphatic heterocycles. The summed E-state index contributed by atoms with van der Waals surface area (Å²) < 4.78 is 28.3. The Morgan fingerprint density at radius 2 is 1.79 bits per heavy atom. The van der Waals surface area contributed by atoms with E-state index in [0.29, 0.717) is 11.1 Å². The van der Waals surface area contributed by atoms with Gasteiger partial charge in [0.05, 0.1) is 23.3 Å². The van der Waals surface area contributed by atoms with Gasteiger partial charge in [0.25, 0.3) is 0 Å². The maximum Gasteiger partial charge on any atom is 0.241 e. The van der Waals surface area contributed by atoms with E-state index in [0.717, 1.165) is 30.6 Å². The summed E-state index contributed by atoms with van der Waals surface area (Å²) in [5.74, 6) is -0.615. The minimum atomic E-state index is -3.70. The number of thiophene rings is 1. The highest BCUT2D eigenvalue weighted by molar-refractivity contribution is 7.89. The summed E-state index contributed by atoms with van der Waals surface area (Å²) in [5.41, 5.74) is 1.27. The number of rotatable bonds is 6. The van der Waals surface area contributed by atoms with Gasteiger partial charge in [0.2, 0.25) is 21.8 Å². The van der Waals surface area contributed by atoms with Crippen molar-refractivity contribution < 1.29 is 18.0 Å². The third-order valence-corrected chi connectivity index (χ3v) is 8.25. The third-order valence-electron chi connectivity index (χ3n) is 5.83. The van der Waals surface area contributed by atoms with Crippen molar-refractivity contribution in [2.24, 2.45) is 11.8 Å². The topological polar surface area (TPSA) is 83.6 Å². The van der Waals surface area contributed by atoms with E-state index in [2.05, 4.69) is 4.72 Å². The van der Waals surface area contributed by atoms with E-state index < -0.39 is 10.0 Å². The number of imide groups is 1. The van der Waals surface area contributed by atoms with E-state index >= 15 is 0 Å². The first kappa shape index (κ1) is 20.3. The van der Waals surface area contributed by atoms with Gasteiger partial charge in [0.1, 0.15) is 0 Å². The number of nitrogens with one attached hydrogen (secondary N) is 1. The summed E-state index contributed by atoms with van der Waals surface area (Å²) in [7, 11) is -3.70. The number of carbonyl (C=O) groups is 2. The lowest BCUT2D eigenvalue weighted by Crippen LogP contribution is -2.30. The highest BCUT2D eigenvalue weighted by Crippen LogP contribution is 2.38. The van der Waals surface area contributed by atoms with E-state index in [9.17, 15) is 18.0 Å². The maximum absolute atomic E-state index is 12.8. The van der Waals surface area contributed by atoms with Gasteiger partial charge in [-0.25, -0.2) is 13.1 Å². The van der Waals surface area contributed by atoms with Gasteiger partial charge >= 0.3 is 0 Å². The second kappa shape index (κ2) is 8.01. The fraction of sp³-hybridized carbons (Fsp3) is 0.429. The van der Waals surface area contributed by atoms with E-state index in [1.807, 2.05) is 17.5 Å². The largest absolute Gasteiger partial charge is 0.278 e. The number of nitrogens with zero attached hydrogens (tertiary/aromatic N) is 1. The summed E-state index contributed by atoms with van der Waals surface area (Å²) in [6.07, 6.45) is 3.51. The van der Waals surface area contributed by atoms with Crippen LogP contribution in [-0.2, 0) is 32.7 Å². The lowest BCUT2D eigenvalue weighted by atomic mass is 9.81. The van der Waals surface area contributed by atoms with Crippen LogP contribution in [0.3, 0.4) is 0 Å². The molecule has 8 heteroatoms. The zero-order chi connectivity index (χ0) is 20.6. The van der Waals surface area contributed by atoms with E-state index in [1.165, 1.54) is 16.2 Å². The molecule has 0 unspecified atom stereocenters. The number of fused-ring (bicyclic) bond motifs is 1. The molecule has 154 valence electrons. The Hall–Kier alpha value is -2.03. The Balaban J connectivity index is 1.54. The summed E-state index contributed by atoms with van der Waals surface area (Å²) in [6.45, 7) is 2.10. The maximum atomic E-state index is 12.8. The van der Waals surface area contributed by atoms with Gasteiger partial charge in [-0.05, 0) is 48.4 Å². The van der Waals surface area contributed by atoms with Crippen LogP contribution in [0.5, 0.6) is 0 Å². The van der Waals surface area contributed by atoms with Gasteiger partial charge in [0, 0.05) is 11.4 Å². The third kappa shape index (κ3) is 4.01. The van der Waals surface area contributed by atoms with Crippen LogP contribution in [0.4, 0.5) is 0 Å². The normalized spacial score (nSPS) is 22.2. The molecular formula is C21H24N2O4S2. The van der Waals surface area contributed by atoms with E-state index in [4.69, 9.17) is 0 Å². The Kier molecular flexibility index (Phi) is 5.59. The summed E-state index contributed by atoms with van der Waals surface area (Å²) in [6, 6.07) is 8.85. The van der Waals surface area contributed by atoms with E-state index in [1.54, 1.807) is 25.1 Å². The molecule has 2 atom stereocenters. The van der Waals surface area contributed by atoms with Crippen LogP contribution in [-0.4, -0.2) is 25.1 Å². The number of amides is 2. The predicted molar refractivity (Wildman–Crippen MR) is 111 cm³/mol. The van der Waals surface area contributed by atoms with Crippen molar-refractivity contribution in [3.05, 3.63) is 51.7 Å².